The highest BCUT2D eigenvalue weighted by molar-refractivity contribution is 5.97. The van der Waals surface area contributed by atoms with Gasteiger partial charge in [0.2, 0.25) is 0 Å². The fourth-order valence-corrected chi connectivity index (χ4v) is 4.56. The zero-order valence-corrected chi connectivity index (χ0v) is 19.3. The van der Waals surface area contributed by atoms with Gasteiger partial charge in [0.25, 0.3) is 5.91 Å². The number of hydrogen-bond donors (Lipinski definition) is 0. The number of imidazole rings is 1. The van der Waals surface area contributed by atoms with E-state index < -0.39 is 0 Å². The number of anilines is 1. The van der Waals surface area contributed by atoms with E-state index >= 15 is 0 Å². The highest BCUT2D eigenvalue weighted by Crippen LogP contribution is 2.24. The van der Waals surface area contributed by atoms with Gasteiger partial charge in [-0.15, -0.1) is 0 Å². The second-order valence-electron chi connectivity index (χ2n) is 8.59. The number of methoxy groups -OCH3 is 1. The van der Waals surface area contributed by atoms with Gasteiger partial charge >= 0.3 is 0 Å². The normalized spacial score (nSPS) is 14.0. The maximum Gasteiger partial charge on any atom is 0.254 e. The molecule has 0 aliphatic carbocycles. The molecule has 168 valence electrons. The van der Waals surface area contributed by atoms with Crippen LogP contribution in [0.4, 0.5) is 5.69 Å². The summed E-state index contributed by atoms with van der Waals surface area (Å²) in [6.45, 7) is 7.21. The standard InChI is InChI=1S/C27H28N4O2/c1-19-4-10-25(20(2)16-19)31-18-28-24-17-21(5-11-26(24)31)27(32)30-14-12-29(13-15-30)22-6-8-23(33-3)9-7-22/h4-11,16-18H,12-15H2,1-3H3. The molecule has 0 spiro atoms. The molecule has 6 nitrogen and oxygen atoms in total. The van der Waals surface area contributed by atoms with Gasteiger partial charge in [0, 0.05) is 37.4 Å². The number of fused-ring (bicyclic) bond motifs is 1. The first-order valence-corrected chi connectivity index (χ1v) is 11.3. The maximum atomic E-state index is 13.2. The van der Waals surface area contributed by atoms with Crippen molar-refractivity contribution < 1.29 is 9.53 Å². The van der Waals surface area contributed by atoms with Crippen LogP contribution in [0.5, 0.6) is 5.75 Å². The zero-order valence-electron chi connectivity index (χ0n) is 19.3. The first-order valence-electron chi connectivity index (χ1n) is 11.3. The monoisotopic (exact) mass is 440 g/mol. The second kappa shape index (κ2) is 8.62. The van der Waals surface area contributed by atoms with Crippen LogP contribution in [0.3, 0.4) is 0 Å². The number of carbonyl (C=O) groups excluding carboxylic acids is 1. The molecule has 0 atom stereocenters. The minimum absolute atomic E-state index is 0.0624. The number of nitrogens with zero attached hydrogens (tertiary/aromatic N) is 4. The minimum Gasteiger partial charge on any atom is -0.497 e. The van der Waals surface area contributed by atoms with Crippen LogP contribution in [0.2, 0.25) is 0 Å². The Balaban J connectivity index is 1.31. The summed E-state index contributed by atoms with van der Waals surface area (Å²) in [5, 5.41) is 0. The molecule has 1 aromatic heterocycles. The van der Waals surface area contributed by atoms with Crippen molar-refractivity contribution in [3.05, 3.63) is 83.7 Å². The first kappa shape index (κ1) is 21.1. The molecule has 1 saturated heterocycles. The van der Waals surface area contributed by atoms with E-state index in [9.17, 15) is 4.79 Å². The molecule has 0 saturated carbocycles. The van der Waals surface area contributed by atoms with E-state index in [2.05, 4.69) is 58.6 Å². The highest BCUT2D eigenvalue weighted by atomic mass is 16.5. The van der Waals surface area contributed by atoms with Crippen molar-refractivity contribution >= 4 is 22.6 Å². The lowest BCUT2D eigenvalue weighted by Gasteiger charge is -2.36. The average Bonchev–Trinajstić information content (AvgIpc) is 3.27. The molecule has 1 aliphatic rings. The molecule has 2 heterocycles. The van der Waals surface area contributed by atoms with E-state index in [0.29, 0.717) is 18.7 Å². The van der Waals surface area contributed by atoms with E-state index in [4.69, 9.17) is 4.74 Å². The van der Waals surface area contributed by atoms with Crippen LogP contribution in [-0.2, 0) is 0 Å². The third-order valence-corrected chi connectivity index (χ3v) is 6.41. The number of amides is 1. The number of carbonyl (C=O) groups is 1. The van der Waals surface area contributed by atoms with Crippen LogP contribution in [-0.4, -0.2) is 53.6 Å². The predicted octanol–water partition coefficient (Wildman–Crippen LogP) is 4.61. The van der Waals surface area contributed by atoms with Crippen molar-refractivity contribution in [1.82, 2.24) is 14.5 Å². The van der Waals surface area contributed by atoms with Gasteiger partial charge in [0.05, 0.1) is 23.8 Å². The Morgan fingerprint density at radius 2 is 1.67 bits per heavy atom. The summed E-state index contributed by atoms with van der Waals surface area (Å²) in [5.74, 6) is 0.912. The molecule has 0 bridgehead atoms. The number of rotatable bonds is 4. The van der Waals surface area contributed by atoms with Crippen molar-refractivity contribution in [2.24, 2.45) is 0 Å². The Morgan fingerprint density at radius 3 is 2.36 bits per heavy atom. The summed E-state index contributed by atoms with van der Waals surface area (Å²) in [7, 11) is 1.67. The van der Waals surface area contributed by atoms with Gasteiger partial charge in [-0.1, -0.05) is 17.7 Å². The van der Waals surface area contributed by atoms with Crippen LogP contribution >= 0.6 is 0 Å². The van der Waals surface area contributed by atoms with E-state index in [0.717, 1.165) is 41.2 Å². The van der Waals surface area contributed by atoms with Crippen molar-refractivity contribution in [3.63, 3.8) is 0 Å². The molecule has 5 rings (SSSR count). The van der Waals surface area contributed by atoms with E-state index in [1.165, 1.54) is 11.1 Å². The molecular weight excluding hydrogens is 412 g/mol. The fourth-order valence-electron chi connectivity index (χ4n) is 4.56. The predicted molar refractivity (Wildman–Crippen MR) is 132 cm³/mol. The molecule has 0 N–H and O–H groups in total. The van der Waals surface area contributed by atoms with Gasteiger partial charge < -0.3 is 14.5 Å². The summed E-state index contributed by atoms with van der Waals surface area (Å²) < 4.78 is 7.33. The quantitative estimate of drug-likeness (QED) is 0.465. The SMILES string of the molecule is COc1ccc(N2CCN(C(=O)c3ccc4c(c3)ncn4-c3ccc(C)cc3C)CC2)cc1. The van der Waals surface area contributed by atoms with E-state index in [1.54, 1.807) is 7.11 Å². The fraction of sp³-hybridized carbons (Fsp3) is 0.259. The molecule has 3 aromatic carbocycles. The van der Waals surface area contributed by atoms with E-state index in [-0.39, 0.29) is 5.91 Å². The maximum absolute atomic E-state index is 13.2. The number of ether oxygens (including phenoxy) is 1. The van der Waals surface area contributed by atoms with Gasteiger partial charge in [-0.2, -0.15) is 0 Å². The zero-order chi connectivity index (χ0) is 22.9. The lowest BCUT2D eigenvalue weighted by molar-refractivity contribution is 0.0747. The van der Waals surface area contributed by atoms with Crippen molar-refractivity contribution in [2.45, 2.75) is 13.8 Å². The van der Waals surface area contributed by atoms with Crippen LogP contribution in [0.1, 0.15) is 21.5 Å². The van der Waals surface area contributed by atoms with Crippen molar-refractivity contribution in [1.29, 1.82) is 0 Å². The molecule has 0 unspecified atom stereocenters. The molecule has 0 radical (unpaired) electrons. The Morgan fingerprint density at radius 1 is 0.909 bits per heavy atom. The number of piperazine rings is 1. The Hall–Kier alpha value is -3.80. The van der Waals surface area contributed by atoms with Crippen LogP contribution < -0.4 is 9.64 Å². The molecule has 6 heteroatoms. The van der Waals surface area contributed by atoms with Crippen LogP contribution in [0.15, 0.2) is 67.0 Å². The van der Waals surface area contributed by atoms with Gasteiger partial charge in [0.1, 0.15) is 12.1 Å². The average molecular weight is 441 g/mol. The van der Waals surface area contributed by atoms with Crippen molar-refractivity contribution in [3.8, 4) is 11.4 Å². The smallest absolute Gasteiger partial charge is 0.254 e. The minimum atomic E-state index is 0.0624. The van der Waals surface area contributed by atoms with Crippen LogP contribution in [0, 0.1) is 13.8 Å². The van der Waals surface area contributed by atoms with Crippen molar-refractivity contribution in [2.75, 3.05) is 38.2 Å². The molecule has 1 fully saturated rings. The molecule has 4 aromatic rings. The summed E-state index contributed by atoms with van der Waals surface area (Å²) in [6, 6.07) is 20.3. The third kappa shape index (κ3) is 4.04. The number of aryl methyl sites for hydroxylation is 2. The Kier molecular flexibility index (Phi) is 5.50. The largest absolute Gasteiger partial charge is 0.497 e. The third-order valence-electron chi connectivity index (χ3n) is 6.41. The Bertz CT molecular complexity index is 1300. The highest BCUT2D eigenvalue weighted by Gasteiger charge is 2.23. The lowest BCUT2D eigenvalue weighted by Crippen LogP contribution is -2.48. The number of aromatic nitrogens is 2. The molecule has 33 heavy (non-hydrogen) atoms. The Labute approximate surface area is 194 Å². The topological polar surface area (TPSA) is 50.6 Å². The molecule has 1 amide bonds. The van der Waals surface area contributed by atoms with E-state index in [1.807, 2.05) is 41.6 Å². The molecule has 1 aliphatic heterocycles. The first-order chi connectivity index (χ1) is 16.0. The number of hydrogen-bond acceptors (Lipinski definition) is 4. The summed E-state index contributed by atoms with van der Waals surface area (Å²) in [6.07, 6.45) is 1.84. The summed E-state index contributed by atoms with van der Waals surface area (Å²) >= 11 is 0. The second-order valence-corrected chi connectivity index (χ2v) is 8.59. The molecular formula is C27H28N4O2. The lowest BCUT2D eigenvalue weighted by atomic mass is 10.1. The van der Waals surface area contributed by atoms with Gasteiger partial charge in [0.15, 0.2) is 0 Å². The van der Waals surface area contributed by atoms with Gasteiger partial charge in [-0.25, -0.2) is 4.98 Å². The van der Waals surface area contributed by atoms with Gasteiger partial charge in [-0.05, 0) is 67.9 Å². The number of benzene rings is 3. The summed E-state index contributed by atoms with van der Waals surface area (Å²) in [4.78, 5) is 22.0. The summed E-state index contributed by atoms with van der Waals surface area (Å²) in [5.41, 5.74) is 7.22. The van der Waals surface area contributed by atoms with Crippen LogP contribution in [0.25, 0.3) is 16.7 Å². The van der Waals surface area contributed by atoms with Gasteiger partial charge in [-0.3, -0.25) is 9.36 Å².